The molecule has 3 N–H and O–H groups in total. The maximum Gasteiger partial charge on any atom is 0.228 e. The fourth-order valence-corrected chi connectivity index (χ4v) is 3.73. The van der Waals surface area contributed by atoms with Gasteiger partial charge in [-0.3, -0.25) is 9.59 Å². The third-order valence-electron chi connectivity index (χ3n) is 6.82. The number of aromatic hydroxyl groups is 2. The minimum Gasteiger partial charge on any atom is -0.504 e. The normalized spacial score (nSPS) is 13.9. The predicted molar refractivity (Wildman–Crippen MR) is 170 cm³/mol. The van der Waals surface area contributed by atoms with Crippen LogP contribution in [0.1, 0.15) is 73.3 Å². The Morgan fingerprint density at radius 2 is 1.40 bits per heavy atom. The number of allylic oxidation sites excluding steroid dienone is 6. The van der Waals surface area contributed by atoms with Gasteiger partial charge in [0.05, 0.1) is 34.0 Å². The van der Waals surface area contributed by atoms with E-state index in [2.05, 4.69) is 26.5 Å². The van der Waals surface area contributed by atoms with Crippen molar-refractivity contribution >= 4 is 11.6 Å². The standard InChI is InChI=1S/C15H20O4.C10H18O.C9H12O4/c1-8(2)9(3)7-11-10(4)12(16)14(18-5)15(19-6)13(11)17;1-5-10(4,11)8-6-7-9(2)3;1-5-4-6(10)8(12-2)9(13-3)7(5)11/h7H2,1-6H3;5,7,11H,1,6,8H2,2-4H3;4,10-11H,1-3H3. The third kappa shape index (κ3) is 11.3. The summed E-state index contributed by atoms with van der Waals surface area (Å²) in [5.41, 5.74) is 4.27. The van der Waals surface area contributed by atoms with E-state index >= 15 is 0 Å². The molecule has 0 amide bonds. The number of benzene rings is 1. The van der Waals surface area contributed by atoms with Crippen LogP contribution in [0.4, 0.5) is 0 Å². The van der Waals surface area contributed by atoms with Crippen LogP contribution in [0.25, 0.3) is 0 Å². The number of carbonyl (C=O) groups excluding carboxylic acids is 2. The van der Waals surface area contributed by atoms with Crippen LogP contribution in [0.2, 0.25) is 0 Å². The Morgan fingerprint density at radius 1 is 0.884 bits per heavy atom. The quantitative estimate of drug-likeness (QED) is 0.150. The van der Waals surface area contributed by atoms with Crippen LogP contribution in [0, 0.1) is 6.92 Å². The summed E-state index contributed by atoms with van der Waals surface area (Å²) in [5.74, 6) is -0.330. The Kier molecular flexibility index (Phi) is 16.2. The number of methoxy groups -OCH3 is 4. The highest BCUT2D eigenvalue weighted by Gasteiger charge is 2.34. The molecular weight excluding hydrogens is 552 g/mol. The number of hydrogen-bond acceptors (Lipinski definition) is 9. The van der Waals surface area contributed by atoms with Crippen molar-refractivity contribution in [2.75, 3.05) is 28.4 Å². The first-order valence-electron chi connectivity index (χ1n) is 13.8. The van der Waals surface area contributed by atoms with Gasteiger partial charge in [0.25, 0.3) is 0 Å². The molecule has 0 heterocycles. The number of ketones is 2. The smallest absolute Gasteiger partial charge is 0.228 e. The van der Waals surface area contributed by atoms with E-state index in [1.54, 1.807) is 26.8 Å². The van der Waals surface area contributed by atoms with E-state index in [1.807, 2.05) is 20.8 Å². The van der Waals surface area contributed by atoms with Gasteiger partial charge in [0.15, 0.2) is 11.5 Å². The molecule has 0 radical (unpaired) electrons. The van der Waals surface area contributed by atoms with Crippen molar-refractivity contribution in [2.24, 2.45) is 0 Å². The predicted octanol–water partition coefficient (Wildman–Crippen LogP) is 6.80. The summed E-state index contributed by atoms with van der Waals surface area (Å²) in [4.78, 5) is 24.5. The minimum atomic E-state index is -0.702. The largest absolute Gasteiger partial charge is 0.504 e. The Labute approximate surface area is 256 Å². The van der Waals surface area contributed by atoms with Crippen molar-refractivity contribution in [3.05, 3.63) is 69.7 Å². The van der Waals surface area contributed by atoms with E-state index in [4.69, 9.17) is 18.9 Å². The van der Waals surface area contributed by atoms with Crippen molar-refractivity contribution in [3.8, 4) is 23.0 Å². The first-order chi connectivity index (χ1) is 19.9. The Morgan fingerprint density at radius 3 is 1.81 bits per heavy atom. The summed E-state index contributed by atoms with van der Waals surface area (Å²) >= 11 is 0. The van der Waals surface area contributed by atoms with Gasteiger partial charge >= 0.3 is 0 Å². The number of phenolic OH excluding ortho intramolecular Hbond substituents is 2. The molecule has 1 aliphatic rings. The van der Waals surface area contributed by atoms with Gasteiger partial charge in [-0.05, 0) is 86.3 Å². The number of phenols is 2. The highest BCUT2D eigenvalue weighted by Crippen LogP contribution is 2.44. The van der Waals surface area contributed by atoms with Gasteiger partial charge in [0.2, 0.25) is 34.6 Å². The van der Waals surface area contributed by atoms with E-state index in [0.717, 1.165) is 24.0 Å². The number of ether oxygens (including phenoxy) is 4. The maximum absolute atomic E-state index is 12.3. The summed E-state index contributed by atoms with van der Waals surface area (Å²) in [6, 6.07) is 1.41. The zero-order valence-corrected chi connectivity index (χ0v) is 27.9. The lowest BCUT2D eigenvalue weighted by Gasteiger charge is -2.20. The van der Waals surface area contributed by atoms with Gasteiger partial charge < -0.3 is 34.3 Å². The number of aryl methyl sites for hydroxylation is 1. The average Bonchev–Trinajstić information content (AvgIpc) is 2.94. The molecule has 0 saturated heterocycles. The van der Waals surface area contributed by atoms with Crippen LogP contribution in [0.3, 0.4) is 0 Å². The molecule has 1 atom stereocenters. The van der Waals surface area contributed by atoms with E-state index in [9.17, 15) is 24.9 Å². The zero-order chi connectivity index (χ0) is 33.7. The molecule has 2 rings (SSSR count). The summed E-state index contributed by atoms with van der Waals surface area (Å²) in [6.07, 6.45) is 5.84. The van der Waals surface area contributed by atoms with Crippen molar-refractivity contribution < 1.29 is 43.9 Å². The zero-order valence-electron chi connectivity index (χ0n) is 27.9. The fourth-order valence-electron chi connectivity index (χ4n) is 3.73. The molecule has 0 saturated carbocycles. The van der Waals surface area contributed by atoms with E-state index < -0.39 is 5.60 Å². The minimum absolute atomic E-state index is 0.00495. The van der Waals surface area contributed by atoms with Crippen LogP contribution in [0.15, 0.2) is 64.2 Å². The monoisotopic (exact) mass is 602 g/mol. The summed E-state index contributed by atoms with van der Waals surface area (Å²) in [7, 11) is 5.52. The molecule has 43 heavy (non-hydrogen) atoms. The van der Waals surface area contributed by atoms with Gasteiger partial charge in [-0.15, -0.1) is 6.58 Å². The second-order valence-electron chi connectivity index (χ2n) is 10.8. The lowest BCUT2D eigenvalue weighted by molar-refractivity contribution is -0.121. The van der Waals surface area contributed by atoms with Crippen molar-refractivity contribution in [2.45, 2.75) is 80.3 Å². The van der Waals surface area contributed by atoms with Crippen LogP contribution in [-0.2, 0) is 19.1 Å². The van der Waals surface area contributed by atoms with Crippen molar-refractivity contribution in [1.82, 2.24) is 0 Å². The molecule has 1 aromatic rings. The molecular formula is C34H50O9. The molecule has 1 unspecified atom stereocenters. The molecule has 0 spiro atoms. The molecule has 9 heteroatoms. The summed E-state index contributed by atoms with van der Waals surface area (Å²) < 4.78 is 19.8. The van der Waals surface area contributed by atoms with Gasteiger partial charge in [-0.1, -0.05) is 28.9 Å². The number of Topliss-reactive ketones (excluding diaryl/α,β-unsaturated/α-hetero) is 2. The molecule has 240 valence electrons. The Balaban J connectivity index is 0.000000646. The highest BCUT2D eigenvalue weighted by atomic mass is 16.5. The van der Waals surface area contributed by atoms with Crippen LogP contribution in [0.5, 0.6) is 23.0 Å². The summed E-state index contributed by atoms with van der Waals surface area (Å²) in [5, 5.41) is 28.4. The number of carbonyl (C=O) groups is 2. The molecule has 0 fully saturated rings. The second kappa shape index (κ2) is 17.9. The third-order valence-corrected chi connectivity index (χ3v) is 6.82. The van der Waals surface area contributed by atoms with Crippen LogP contribution >= 0.6 is 0 Å². The topological polar surface area (TPSA) is 132 Å². The number of rotatable bonds is 10. The highest BCUT2D eigenvalue weighted by molar-refractivity contribution is 6.23. The Bertz CT molecular complexity index is 1280. The SMILES string of the molecule is C=CC(C)(O)CCC=C(C)C.COC1=C(OC)C(=O)C(CC(C)=C(C)C)=C(C)C1=O.COc1c(O)cc(C)c(O)c1OC. The average molecular weight is 603 g/mol. The van der Waals surface area contributed by atoms with E-state index in [0.29, 0.717) is 23.1 Å². The van der Waals surface area contributed by atoms with E-state index in [1.165, 1.54) is 40.1 Å². The maximum atomic E-state index is 12.3. The first kappa shape index (κ1) is 39.0. The molecule has 0 bridgehead atoms. The van der Waals surface area contributed by atoms with Gasteiger partial charge in [-0.2, -0.15) is 0 Å². The van der Waals surface area contributed by atoms with Gasteiger partial charge in [-0.25, -0.2) is 0 Å². The Hall–Kier alpha value is -3.98. The molecule has 0 aliphatic heterocycles. The van der Waals surface area contributed by atoms with Crippen LogP contribution < -0.4 is 9.47 Å². The lowest BCUT2D eigenvalue weighted by atomic mass is 9.88. The molecule has 0 aromatic heterocycles. The fraction of sp³-hybridized carbons (Fsp3) is 0.471. The molecule has 9 nitrogen and oxygen atoms in total. The number of hydrogen-bond donors (Lipinski definition) is 3. The second-order valence-corrected chi connectivity index (χ2v) is 10.8. The summed E-state index contributed by atoms with van der Waals surface area (Å²) in [6.45, 7) is 18.7. The van der Waals surface area contributed by atoms with Gasteiger partial charge in [0, 0.05) is 11.1 Å². The lowest BCUT2D eigenvalue weighted by Crippen LogP contribution is -2.25. The number of aliphatic hydroxyl groups is 1. The van der Waals surface area contributed by atoms with Crippen LogP contribution in [-0.4, -0.2) is 60.9 Å². The van der Waals surface area contributed by atoms with Gasteiger partial charge in [0.1, 0.15) is 0 Å². The van der Waals surface area contributed by atoms with Crippen molar-refractivity contribution in [1.29, 1.82) is 0 Å². The molecule has 1 aromatic carbocycles. The van der Waals surface area contributed by atoms with Crippen molar-refractivity contribution in [3.63, 3.8) is 0 Å². The first-order valence-corrected chi connectivity index (χ1v) is 13.8. The molecule has 1 aliphatic carbocycles. The van der Waals surface area contributed by atoms with E-state index in [-0.39, 0.29) is 46.1 Å².